The van der Waals surface area contributed by atoms with Gasteiger partial charge < -0.3 is 5.73 Å². The van der Waals surface area contributed by atoms with Gasteiger partial charge in [0, 0.05) is 6.42 Å². The smallest absolute Gasteiger partial charge is 0.247 e. The van der Waals surface area contributed by atoms with Crippen molar-refractivity contribution in [3.8, 4) is 0 Å². The first-order chi connectivity index (χ1) is 14.1. The summed E-state index contributed by atoms with van der Waals surface area (Å²) in [6.07, 6.45) is 2.94. The maximum absolute atomic E-state index is 12.7. The van der Waals surface area contributed by atoms with Crippen molar-refractivity contribution in [2.75, 3.05) is 4.90 Å². The Balaban J connectivity index is 1.72. The zero-order chi connectivity index (χ0) is 20.6. The van der Waals surface area contributed by atoms with Gasteiger partial charge in [0.2, 0.25) is 11.8 Å². The van der Waals surface area contributed by atoms with E-state index in [1.165, 1.54) is 4.90 Å². The first kappa shape index (κ1) is 20.8. The molecule has 2 N–H and O–H groups in total. The third-order valence-corrected chi connectivity index (χ3v) is 5.50. The number of hydrogen-bond acceptors (Lipinski definition) is 5. The van der Waals surface area contributed by atoms with E-state index < -0.39 is 5.25 Å². The number of benzene rings is 2. The molecule has 2 amide bonds. The molecule has 1 saturated heterocycles. The van der Waals surface area contributed by atoms with Gasteiger partial charge in [-0.3, -0.25) is 9.59 Å². The lowest BCUT2D eigenvalue weighted by Gasteiger charge is -2.14. The maximum Gasteiger partial charge on any atom is 0.247 e. The molecule has 2 aromatic rings. The molecule has 1 fully saturated rings. The predicted molar refractivity (Wildman–Crippen MR) is 119 cm³/mol. The number of nitrogens with two attached hydrogens (primary N) is 1. The van der Waals surface area contributed by atoms with Crippen LogP contribution in [0.4, 0.5) is 5.69 Å². The first-order valence-electron chi connectivity index (χ1n) is 9.64. The molecule has 0 saturated carbocycles. The van der Waals surface area contributed by atoms with Gasteiger partial charge in [-0.15, -0.1) is 5.10 Å². The van der Waals surface area contributed by atoms with Gasteiger partial charge in [-0.2, -0.15) is 5.10 Å². The second kappa shape index (κ2) is 10.0. The van der Waals surface area contributed by atoms with Crippen LogP contribution in [0.25, 0.3) is 0 Å². The highest BCUT2D eigenvalue weighted by molar-refractivity contribution is 8.14. The van der Waals surface area contributed by atoms with Crippen molar-refractivity contribution in [1.82, 2.24) is 0 Å². The molecule has 0 spiro atoms. The normalized spacial score (nSPS) is 17.8. The summed E-state index contributed by atoms with van der Waals surface area (Å²) in [4.78, 5) is 26.2. The molecule has 1 aliphatic rings. The van der Waals surface area contributed by atoms with Crippen molar-refractivity contribution in [2.45, 2.75) is 37.9 Å². The number of hydrogen-bond donors (Lipinski definition) is 1. The molecule has 0 aromatic heterocycles. The number of amidine groups is 1. The third-order valence-electron chi connectivity index (χ3n) is 4.53. The topological polar surface area (TPSA) is 88.1 Å². The number of carbonyl (C=O) groups is 2. The van der Waals surface area contributed by atoms with Gasteiger partial charge in [0.05, 0.1) is 11.4 Å². The van der Waals surface area contributed by atoms with Crippen LogP contribution in [0.3, 0.4) is 0 Å². The zero-order valence-corrected chi connectivity index (χ0v) is 17.1. The van der Waals surface area contributed by atoms with Crippen LogP contribution in [-0.2, 0) is 9.59 Å². The van der Waals surface area contributed by atoms with Crippen molar-refractivity contribution >= 4 is 40.1 Å². The minimum Gasteiger partial charge on any atom is -0.377 e. The molecular weight excluding hydrogens is 384 g/mol. The highest BCUT2D eigenvalue weighted by Gasteiger charge is 2.40. The number of anilines is 1. The van der Waals surface area contributed by atoms with Crippen LogP contribution < -0.4 is 10.6 Å². The summed E-state index contributed by atoms with van der Waals surface area (Å²) in [5.74, 6) is -0.509. The Morgan fingerprint density at radius 1 is 1.07 bits per heavy atom. The molecule has 2 aromatic carbocycles. The molecule has 150 valence electrons. The maximum atomic E-state index is 12.7. The molecule has 0 bridgehead atoms. The Morgan fingerprint density at radius 2 is 1.72 bits per heavy atom. The molecular formula is C22H24N4O2S. The van der Waals surface area contributed by atoms with Crippen molar-refractivity contribution in [1.29, 1.82) is 0 Å². The quantitative estimate of drug-likeness (QED) is 0.325. The number of carbonyl (C=O) groups excluding carboxylic acids is 2. The monoisotopic (exact) mass is 408 g/mol. The van der Waals surface area contributed by atoms with Gasteiger partial charge in [-0.1, -0.05) is 73.6 Å². The van der Waals surface area contributed by atoms with Crippen LogP contribution >= 0.6 is 11.8 Å². The molecule has 1 aliphatic heterocycles. The van der Waals surface area contributed by atoms with Gasteiger partial charge in [0.15, 0.2) is 5.17 Å². The summed E-state index contributed by atoms with van der Waals surface area (Å²) in [5.41, 5.74) is 8.46. The molecule has 0 radical (unpaired) electrons. The second-order valence-corrected chi connectivity index (χ2v) is 7.89. The van der Waals surface area contributed by atoms with Gasteiger partial charge in [0.1, 0.15) is 5.25 Å². The molecule has 1 atom stereocenters. The minimum absolute atomic E-state index is 0.0969. The van der Waals surface area contributed by atoms with E-state index in [-0.39, 0.29) is 23.4 Å². The first-order valence-corrected chi connectivity index (χ1v) is 10.5. The van der Waals surface area contributed by atoms with Crippen LogP contribution in [-0.4, -0.2) is 27.9 Å². The molecule has 3 rings (SSSR count). The fourth-order valence-corrected chi connectivity index (χ4v) is 3.86. The molecule has 0 aliphatic carbocycles. The van der Waals surface area contributed by atoms with Crippen molar-refractivity contribution in [2.24, 2.45) is 15.9 Å². The Bertz CT molecular complexity index is 913. The fourth-order valence-electron chi connectivity index (χ4n) is 3.05. The number of rotatable bonds is 7. The minimum atomic E-state index is -0.586. The van der Waals surface area contributed by atoms with Crippen LogP contribution in [0.1, 0.15) is 38.2 Å². The van der Waals surface area contributed by atoms with Crippen LogP contribution in [0.15, 0.2) is 70.9 Å². The number of amides is 2. The number of para-hydroxylation sites is 1. The average Bonchev–Trinajstić information content (AvgIpc) is 3.02. The summed E-state index contributed by atoms with van der Waals surface area (Å²) in [7, 11) is 0. The molecule has 0 unspecified atom stereocenters. The zero-order valence-electron chi connectivity index (χ0n) is 16.3. The number of imide groups is 1. The summed E-state index contributed by atoms with van der Waals surface area (Å²) in [6.45, 7) is 2.12. The van der Waals surface area contributed by atoms with Crippen molar-refractivity contribution in [3.63, 3.8) is 0 Å². The number of nitrogens with zero attached hydrogens (tertiary/aromatic N) is 3. The van der Waals surface area contributed by atoms with E-state index in [4.69, 9.17) is 5.73 Å². The summed E-state index contributed by atoms with van der Waals surface area (Å²) in [6, 6.07) is 18.8. The van der Waals surface area contributed by atoms with E-state index in [9.17, 15) is 9.59 Å². The summed E-state index contributed by atoms with van der Waals surface area (Å²) >= 11 is 1.09. The molecule has 1 heterocycles. The van der Waals surface area contributed by atoms with Crippen LogP contribution in [0.5, 0.6) is 0 Å². The summed E-state index contributed by atoms with van der Waals surface area (Å²) in [5, 5.41) is 8.07. The molecule has 6 nitrogen and oxygen atoms in total. The Kier molecular flexibility index (Phi) is 7.19. The second-order valence-electron chi connectivity index (χ2n) is 6.67. The van der Waals surface area contributed by atoms with E-state index in [0.717, 1.165) is 42.3 Å². The van der Waals surface area contributed by atoms with E-state index >= 15 is 0 Å². The van der Waals surface area contributed by atoms with Gasteiger partial charge in [-0.05, 0) is 30.5 Å². The fraction of sp³-hybridized carbons (Fsp3) is 0.273. The van der Waals surface area contributed by atoms with Crippen molar-refractivity contribution < 1.29 is 9.59 Å². The molecule has 7 heteroatoms. The number of unbranched alkanes of at least 4 members (excludes halogenated alkanes) is 1. The average molecular weight is 409 g/mol. The largest absolute Gasteiger partial charge is 0.377 e. The van der Waals surface area contributed by atoms with Crippen LogP contribution in [0.2, 0.25) is 0 Å². The van der Waals surface area contributed by atoms with E-state index in [2.05, 4.69) is 17.1 Å². The highest BCUT2D eigenvalue weighted by Crippen LogP contribution is 2.29. The molecule has 29 heavy (non-hydrogen) atoms. The number of thioether (sulfide) groups is 1. The lowest BCUT2D eigenvalue weighted by atomic mass is 10.1. The van der Waals surface area contributed by atoms with E-state index in [0.29, 0.717) is 5.69 Å². The standard InChI is InChI=1S/C22H24N4O2S/c1-2-3-14-18(16-10-6-4-7-11-16)24-25-22(23)29-19-15-20(27)26(21(19)28)17-12-8-5-9-13-17/h4-13,19H,2-3,14-15H2,1H3,(H2,23,25)/b24-18-/t19-/m1/s1. The Labute approximate surface area is 174 Å². The van der Waals surface area contributed by atoms with E-state index in [1.807, 2.05) is 36.4 Å². The third kappa shape index (κ3) is 5.32. The predicted octanol–water partition coefficient (Wildman–Crippen LogP) is 3.96. The van der Waals surface area contributed by atoms with Gasteiger partial charge >= 0.3 is 0 Å². The Morgan fingerprint density at radius 3 is 2.38 bits per heavy atom. The van der Waals surface area contributed by atoms with Gasteiger partial charge in [0.25, 0.3) is 0 Å². The lowest BCUT2D eigenvalue weighted by Crippen LogP contribution is -2.31. The SMILES string of the molecule is CCCC/C(=N/N=C(N)S[C@@H]1CC(=O)N(c2ccccc2)C1=O)c1ccccc1. The lowest BCUT2D eigenvalue weighted by molar-refractivity contribution is -0.121. The highest BCUT2D eigenvalue weighted by atomic mass is 32.2. The van der Waals surface area contributed by atoms with Crippen LogP contribution in [0, 0.1) is 0 Å². The Hall–Kier alpha value is -2.93. The van der Waals surface area contributed by atoms with Gasteiger partial charge in [-0.25, -0.2) is 4.90 Å². The van der Waals surface area contributed by atoms with E-state index in [1.54, 1.807) is 24.3 Å². The van der Waals surface area contributed by atoms with Crippen molar-refractivity contribution in [3.05, 3.63) is 66.2 Å². The summed E-state index contributed by atoms with van der Waals surface area (Å²) < 4.78 is 0.